The van der Waals surface area contributed by atoms with Crippen molar-refractivity contribution in [1.82, 2.24) is 81.7 Å². The Morgan fingerprint density at radius 3 is 1.43 bits per heavy atom. The van der Waals surface area contributed by atoms with E-state index in [4.69, 9.17) is 9.47 Å². The predicted molar refractivity (Wildman–Crippen MR) is 447 cm³/mol. The van der Waals surface area contributed by atoms with Gasteiger partial charge in [0.25, 0.3) is 15.9 Å². The number of likely N-dealkylation sites (N-methyl/N-ethyl adjacent to an activating group) is 2. The lowest BCUT2D eigenvalue weighted by Gasteiger charge is -2.36. The minimum atomic E-state index is -5.13. The first-order valence-corrected chi connectivity index (χ1v) is 42.1. The topological polar surface area (TPSA) is 417 Å². The number of ether oxygens (including phenoxy) is 3. The molecular formula is C88H101F3N16O16S. The highest BCUT2D eigenvalue weighted by Gasteiger charge is 2.49. The normalized spacial score (nSPS) is 20.8. The largest absolute Gasteiger partial charge is 0.573 e. The summed E-state index contributed by atoms with van der Waals surface area (Å²) in [7, 11) is -1.80. The van der Waals surface area contributed by atoms with Gasteiger partial charge in [0.05, 0.1) is 53.4 Å². The number of hydrogen-bond acceptors (Lipinski definition) is 21. The van der Waals surface area contributed by atoms with Gasteiger partial charge in [0.15, 0.2) is 5.78 Å². The SMILES string of the molecule is CN[C@@H](C)C(=O)N[C@H](C(=O)N1C[C@@H]2C[C@H]1C(=O)N[C@@H](Cc1ccc3ccccc3c1)C(=O)C[C@H](C(=O)O)Cc1ccc(cc1)OCc1cn(nn1)[C@H]1C[C@@H](C(=O)N[C@@H](Cc3ccc4ccccc4c3)C(=O)N[C@H](C(=O)NS(=O)(=O)c3ccc(OC(F)(F)F)cc3)Cc3ccc(cc3)OCc3cn2nn3)N(C(=O)[C@@H](NC(=O)[C@H](C)NC)C(C)(C)C)C1)C(C)(C)C. The van der Waals surface area contributed by atoms with E-state index in [2.05, 4.69) is 62.6 Å². The Morgan fingerprint density at radius 1 is 0.556 bits per heavy atom. The molecule has 2 aromatic heterocycles. The Morgan fingerprint density at radius 2 is 0.992 bits per heavy atom. The Bertz CT molecular complexity index is 5550. The fraction of sp³-hybridized carbons (Fsp3) is 0.409. The standard InChI is InChI=1S/C88H101F3N16O16S/c1-50(92-9)77(109)97-75(86(3,4)5)83(115)104-46-63-42-72(104)81(113)94-69(39-54-19-25-56-15-11-13-17-58(56)36-54)74(108)41-60(85(117)118)35-52-21-27-65(28-22-52)121-48-61-45-107(103-99-61)64-43-73(105(47-64)84(116)76(87(6,7)8)98-78(110)51(2)93-10)82(114)96-70(40-55-20-26-57-16-12-14-18-59(57)37-55)79(111)95-71(38-53-23-29-66(30-24-53)122-49-62-44-106(63)102-100-62)80(112)101-124(119,120)68-33-31-67(32-34-68)123-88(89,90)91/h11-34,36-37,44-45,50-51,60,63-64,69-73,75-76,92-93H,35,38-43,46-49H2,1-10H3,(H,94,113)(H,95,111)(H,96,114)(H,97,109)(H,98,110)(H,101,112)(H,117,118)/t50-,51-,60+,63-,64-,69-,70-,71-,72-,73-,75+,76+/m0/s1. The van der Waals surface area contributed by atoms with E-state index in [0.29, 0.717) is 28.0 Å². The highest BCUT2D eigenvalue weighted by atomic mass is 32.2. The van der Waals surface area contributed by atoms with Gasteiger partial charge >= 0.3 is 12.3 Å². The zero-order valence-corrected chi connectivity index (χ0v) is 70.9. The molecule has 124 heavy (non-hydrogen) atoms. The molecule has 0 aliphatic carbocycles. The number of nitrogens with one attached hydrogen (secondary N) is 8. The first kappa shape index (κ1) is 90.5. The second-order valence-corrected chi connectivity index (χ2v) is 35.4. The minimum absolute atomic E-state index is 0.0813. The highest BCUT2D eigenvalue weighted by Crippen LogP contribution is 2.36. The molecule has 7 aromatic carbocycles. The van der Waals surface area contributed by atoms with Crippen LogP contribution in [0.25, 0.3) is 21.5 Å². The lowest BCUT2D eigenvalue weighted by atomic mass is 9.85. The molecule has 6 aliphatic rings. The summed E-state index contributed by atoms with van der Waals surface area (Å²) in [5.74, 6) is -9.70. The summed E-state index contributed by atoms with van der Waals surface area (Å²) < 4.78 is 89.3. The molecule has 0 spiro atoms. The lowest BCUT2D eigenvalue weighted by Crippen LogP contribution is -2.61. The van der Waals surface area contributed by atoms with E-state index in [1.165, 1.54) is 43.4 Å². The van der Waals surface area contributed by atoms with Gasteiger partial charge in [-0.05, 0) is 144 Å². The molecule has 32 nitrogen and oxygen atoms in total. The maximum Gasteiger partial charge on any atom is 0.573 e. The smallest absolute Gasteiger partial charge is 0.487 e. The van der Waals surface area contributed by atoms with Crippen LogP contribution in [0, 0.1) is 16.7 Å². The number of likely N-dealkylation sites (tertiary alicyclic amines) is 2. The number of hydrogen-bond donors (Lipinski definition) is 9. The number of benzene rings is 7. The fourth-order valence-electron chi connectivity index (χ4n) is 15.2. The molecular weight excluding hydrogens is 1630 g/mol. The zero-order valence-electron chi connectivity index (χ0n) is 70.1. The van der Waals surface area contributed by atoms with E-state index in [1.54, 1.807) is 130 Å². The van der Waals surface area contributed by atoms with E-state index in [0.717, 1.165) is 45.8 Å². The van der Waals surface area contributed by atoms with Crippen molar-refractivity contribution >= 4 is 90.6 Å². The Labute approximate surface area is 713 Å². The molecule has 9 aromatic rings. The van der Waals surface area contributed by atoms with Crippen molar-refractivity contribution in [3.05, 3.63) is 204 Å². The molecule has 36 heteroatoms. The van der Waals surface area contributed by atoms with E-state index in [9.17, 15) is 45.9 Å². The van der Waals surface area contributed by atoms with Crippen molar-refractivity contribution < 1.29 is 88.9 Å². The van der Waals surface area contributed by atoms with Gasteiger partial charge in [-0.15, -0.1) is 23.4 Å². The second-order valence-electron chi connectivity index (χ2n) is 33.7. The van der Waals surface area contributed by atoms with Gasteiger partial charge in [-0.25, -0.2) is 22.5 Å². The second kappa shape index (κ2) is 38.4. The first-order valence-electron chi connectivity index (χ1n) is 40.6. The molecule has 0 unspecified atom stereocenters. The number of ketones is 1. The predicted octanol–water partition coefficient (Wildman–Crippen LogP) is 6.70. The maximum absolute atomic E-state index is 15.6. The molecule has 2 saturated heterocycles. The summed E-state index contributed by atoms with van der Waals surface area (Å²) in [5.41, 5.74) is 0.581. The average Bonchev–Trinajstić information content (AvgIpc) is 1.69. The van der Waals surface area contributed by atoms with Crippen LogP contribution >= 0.6 is 0 Å². The van der Waals surface area contributed by atoms with Crippen LogP contribution in [-0.4, -0.2) is 200 Å². The molecule has 6 aliphatic heterocycles. The number of carboxylic acid groups (broad SMARTS) is 1. The average molecular weight is 1730 g/mol. The van der Waals surface area contributed by atoms with Crippen LogP contribution in [0.15, 0.2) is 175 Å². The summed E-state index contributed by atoms with van der Waals surface area (Å²) in [6.07, 6.45) is -3.75. The Balaban J connectivity index is 0.907. The number of carbonyl (C=O) groups excluding carboxylic acids is 9. The van der Waals surface area contributed by atoms with Crippen molar-refractivity contribution in [2.75, 3.05) is 27.2 Å². The Hall–Kier alpha value is -12.7. The number of Topliss-reactive ketones (excluding diaryl/α,β-unsaturated/α-hetero) is 1. The highest BCUT2D eigenvalue weighted by molar-refractivity contribution is 7.90. The molecule has 9 N–H and O–H groups in total. The number of alkyl halides is 3. The zero-order chi connectivity index (χ0) is 89.3. The van der Waals surface area contributed by atoms with Crippen LogP contribution in [0.4, 0.5) is 13.2 Å². The van der Waals surface area contributed by atoms with Crippen molar-refractivity contribution in [1.29, 1.82) is 0 Å². The number of rotatable bonds is 17. The number of nitrogens with zero attached hydrogens (tertiary/aromatic N) is 8. The van der Waals surface area contributed by atoms with E-state index in [-0.39, 0.29) is 75.5 Å². The van der Waals surface area contributed by atoms with Crippen molar-refractivity contribution in [2.45, 2.75) is 191 Å². The summed E-state index contributed by atoms with van der Waals surface area (Å²) in [4.78, 5) is 150. The molecule has 8 amide bonds. The first-order chi connectivity index (χ1) is 58.8. The fourth-order valence-corrected chi connectivity index (χ4v) is 16.2. The quantitative estimate of drug-likeness (QED) is 0.0458. The number of fused-ring (bicyclic) bond motifs is 2. The third-order valence-electron chi connectivity index (χ3n) is 22.5. The van der Waals surface area contributed by atoms with Gasteiger partial charge in [0, 0.05) is 45.2 Å². The summed E-state index contributed by atoms with van der Waals surface area (Å²) in [6.45, 7) is 12.9. The third kappa shape index (κ3) is 22.8. The molecule has 0 radical (unpaired) electrons. The molecule has 12 bridgehead atoms. The lowest BCUT2D eigenvalue weighted by molar-refractivity contribution is -0.274. The number of aromatic nitrogens is 6. The molecule has 15 rings (SSSR count). The number of amides is 8. The summed E-state index contributed by atoms with van der Waals surface area (Å²) in [5, 5.41) is 51.8. The molecule has 2 fully saturated rings. The summed E-state index contributed by atoms with van der Waals surface area (Å²) >= 11 is 0. The maximum atomic E-state index is 15.6. The Kier molecular flexibility index (Phi) is 28.0. The number of sulfonamides is 1. The summed E-state index contributed by atoms with van der Waals surface area (Å²) in [6, 6.07) is 28.3. The van der Waals surface area contributed by atoms with Crippen molar-refractivity contribution in [3.8, 4) is 17.2 Å². The van der Waals surface area contributed by atoms with Gasteiger partial charge in [0.2, 0.25) is 41.4 Å². The number of halogens is 3. The van der Waals surface area contributed by atoms with Crippen molar-refractivity contribution in [2.24, 2.45) is 16.7 Å². The third-order valence-corrected chi connectivity index (χ3v) is 23.8. The van der Waals surface area contributed by atoms with Gasteiger partial charge in [0.1, 0.15) is 78.1 Å². The van der Waals surface area contributed by atoms with Gasteiger partial charge in [-0.2, -0.15) is 0 Å². The van der Waals surface area contributed by atoms with Crippen LogP contribution in [0.1, 0.15) is 120 Å². The van der Waals surface area contributed by atoms with Crippen LogP contribution < -0.4 is 56.2 Å². The van der Waals surface area contributed by atoms with Gasteiger partial charge < -0.3 is 66.3 Å². The van der Waals surface area contributed by atoms with Crippen LogP contribution in [0.5, 0.6) is 17.2 Å². The molecule has 656 valence electrons. The number of aliphatic carboxylic acids is 1. The monoisotopic (exact) mass is 1730 g/mol. The molecule has 8 heterocycles. The van der Waals surface area contributed by atoms with Gasteiger partial charge in [-0.1, -0.05) is 161 Å². The van der Waals surface area contributed by atoms with Crippen LogP contribution in [0.3, 0.4) is 0 Å². The molecule has 0 saturated carbocycles. The van der Waals surface area contributed by atoms with Gasteiger partial charge in [-0.3, -0.25) is 47.9 Å². The van der Waals surface area contributed by atoms with E-state index >= 15 is 28.8 Å². The van der Waals surface area contributed by atoms with Crippen molar-refractivity contribution in [3.63, 3.8) is 0 Å². The molecule has 12 atom stereocenters. The van der Waals surface area contributed by atoms with E-state index in [1.807, 2.05) is 65.4 Å². The minimum Gasteiger partial charge on any atom is -0.487 e. The number of carboxylic acids is 1. The van der Waals surface area contributed by atoms with Crippen LogP contribution in [0.2, 0.25) is 0 Å². The van der Waals surface area contributed by atoms with Crippen LogP contribution in [-0.2, 0) is 96.9 Å². The number of carbonyl (C=O) groups is 10. The van der Waals surface area contributed by atoms with E-state index < -0.39 is 182 Å².